The van der Waals surface area contributed by atoms with E-state index in [1.807, 2.05) is 0 Å². The second-order valence-corrected chi connectivity index (χ2v) is 7.23. The number of ether oxygens (including phenoxy) is 2. The van der Waals surface area contributed by atoms with Crippen molar-refractivity contribution in [2.24, 2.45) is 0 Å². The van der Waals surface area contributed by atoms with Crippen molar-refractivity contribution in [2.75, 3.05) is 7.11 Å². The Balaban J connectivity index is 2.05. The molecular formula is C16H9Br3O4. The van der Waals surface area contributed by atoms with Crippen molar-refractivity contribution in [1.29, 1.82) is 0 Å². The van der Waals surface area contributed by atoms with Crippen molar-refractivity contribution in [3.63, 3.8) is 0 Å². The van der Waals surface area contributed by atoms with E-state index in [4.69, 9.17) is 9.47 Å². The van der Waals surface area contributed by atoms with Gasteiger partial charge in [0.2, 0.25) is 5.78 Å². The van der Waals surface area contributed by atoms with Gasteiger partial charge in [0.15, 0.2) is 17.3 Å². The van der Waals surface area contributed by atoms with Crippen LogP contribution in [0.3, 0.4) is 0 Å². The molecule has 7 heteroatoms. The average molecular weight is 505 g/mol. The van der Waals surface area contributed by atoms with Crippen LogP contribution in [0.15, 0.2) is 43.4 Å². The summed E-state index contributed by atoms with van der Waals surface area (Å²) in [5.41, 5.74) is 1.18. The third-order valence-corrected chi connectivity index (χ3v) is 5.23. The number of halogens is 3. The van der Waals surface area contributed by atoms with E-state index in [0.717, 1.165) is 5.56 Å². The van der Waals surface area contributed by atoms with Gasteiger partial charge in [-0.3, -0.25) is 4.79 Å². The fourth-order valence-electron chi connectivity index (χ4n) is 2.19. The number of fused-ring (bicyclic) bond motifs is 1. The van der Waals surface area contributed by atoms with Crippen LogP contribution < -0.4 is 9.47 Å². The summed E-state index contributed by atoms with van der Waals surface area (Å²) in [6.07, 6.45) is 1.62. The second kappa shape index (κ2) is 6.30. The van der Waals surface area contributed by atoms with Gasteiger partial charge < -0.3 is 14.6 Å². The number of Topliss-reactive ketones (excluding diaryl/α,β-unsaturated/α-hetero) is 1. The number of rotatable bonds is 2. The highest BCUT2D eigenvalue weighted by atomic mass is 79.9. The van der Waals surface area contributed by atoms with Crippen LogP contribution in [0.4, 0.5) is 0 Å². The van der Waals surface area contributed by atoms with Gasteiger partial charge in [-0.1, -0.05) is 6.07 Å². The van der Waals surface area contributed by atoms with Crippen molar-refractivity contribution < 1.29 is 19.4 Å². The van der Waals surface area contributed by atoms with Crippen LogP contribution in [0.2, 0.25) is 0 Å². The number of methoxy groups -OCH3 is 1. The lowest BCUT2D eigenvalue weighted by atomic mass is 10.1. The molecule has 23 heavy (non-hydrogen) atoms. The molecule has 0 fully saturated rings. The Kier molecular flexibility index (Phi) is 4.53. The maximum Gasteiger partial charge on any atom is 0.232 e. The van der Waals surface area contributed by atoms with Crippen LogP contribution >= 0.6 is 47.8 Å². The Morgan fingerprint density at radius 2 is 1.91 bits per heavy atom. The highest BCUT2D eigenvalue weighted by Gasteiger charge is 2.32. The minimum atomic E-state index is -0.215. The molecule has 0 aliphatic carbocycles. The van der Waals surface area contributed by atoms with Gasteiger partial charge >= 0.3 is 0 Å². The van der Waals surface area contributed by atoms with Gasteiger partial charge in [-0.25, -0.2) is 0 Å². The number of ketones is 1. The first kappa shape index (κ1) is 16.5. The van der Waals surface area contributed by atoms with Crippen LogP contribution in [-0.2, 0) is 0 Å². The zero-order valence-electron chi connectivity index (χ0n) is 11.7. The molecule has 3 rings (SSSR count). The maximum absolute atomic E-state index is 12.5. The molecular weight excluding hydrogens is 496 g/mol. The number of allylic oxidation sites excluding steroid dienone is 1. The molecule has 2 aromatic carbocycles. The largest absolute Gasteiger partial charge is 0.507 e. The molecule has 1 N–H and O–H groups in total. The van der Waals surface area contributed by atoms with Crippen molar-refractivity contribution in [3.05, 3.63) is 54.6 Å². The fourth-order valence-corrected chi connectivity index (χ4v) is 4.11. The van der Waals surface area contributed by atoms with Crippen LogP contribution in [0.1, 0.15) is 15.9 Å². The first-order valence-corrected chi connectivity index (χ1v) is 8.79. The fraction of sp³-hybridized carbons (Fsp3) is 0.0625. The average Bonchev–Trinajstić information content (AvgIpc) is 2.81. The molecule has 0 aromatic heterocycles. The highest BCUT2D eigenvalue weighted by molar-refractivity contribution is 9.11. The zero-order chi connectivity index (χ0) is 16.7. The Morgan fingerprint density at radius 1 is 1.17 bits per heavy atom. The first-order valence-electron chi connectivity index (χ1n) is 6.41. The third kappa shape index (κ3) is 2.93. The van der Waals surface area contributed by atoms with Gasteiger partial charge in [0, 0.05) is 0 Å². The molecule has 0 atom stereocenters. The molecule has 118 valence electrons. The van der Waals surface area contributed by atoms with E-state index in [1.54, 1.807) is 37.5 Å². The molecule has 1 aliphatic heterocycles. The summed E-state index contributed by atoms with van der Waals surface area (Å²) in [5.74, 6) is 1.11. The van der Waals surface area contributed by atoms with E-state index in [-0.39, 0.29) is 17.3 Å². The van der Waals surface area contributed by atoms with Gasteiger partial charge in [-0.15, -0.1) is 0 Å². The summed E-state index contributed by atoms with van der Waals surface area (Å²) in [4.78, 5) is 12.5. The molecule has 0 saturated carbocycles. The van der Waals surface area contributed by atoms with Crippen LogP contribution in [0.25, 0.3) is 6.08 Å². The van der Waals surface area contributed by atoms with Gasteiger partial charge in [0.05, 0.1) is 21.6 Å². The van der Waals surface area contributed by atoms with Gasteiger partial charge in [-0.05, 0) is 77.6 Å². The van der Waals surface area contributed by atoms with Gasteiger partial charge in [0.25, 0.3) is 0 Å². The molecule has 0 bridgehead atoms. The number of phenolic OH excluding ortho intramolecular Hbond substituents is 1. The van der Waals surface area contributed by atoms with E-state index in [0.29, 0.717) is 30.5 Å². The zero-order valence-corrected chi connectivity index (χ0v) is 16.5. The van der Waals surface area contributed by atoms with E-state index >= 15 is 0 Å². The Labute approximate surface area is 157 Å². The van der Waals surface area contributed by atoms with E-state index in [9.17, 15) is 9.90 Å². The number of phenols is 1. The Morgan fingerprint density at radius 3 is 2.57 bits per heavy atom. The summed E-state index contributed by atoms with van der Waals surface area (Å²) in [7, 11) is 1.54. The number of benzene rings is 2. The van der Waals surface area contributed by atoms with Crippen molar-refractivity contribution in [3.8, 4) is 17.2 Å². The smallest absolute Gasteiger partial charge is 0.232 e. The lowest BCUT2D eigenvalue weighted by Crippen LogP contribution is -1.98. The van der Waals surface area contributed by atoms with Crippen molar-refractivity contribution in [1.82, 2.24) is 0 Å². The van der Waals surface area contributed by atoms with E-state index in [1.165, 1.54) is 0 Å². The summed E-state index contributed by atoms with van der Waals surface area (Å²) in [5, 5.41) is 9.53. The molecule has 0 unspecified atom stereocenters. The van der Waals surface area contributed by atoms with E-state index in [2.05, 4.69) is 47.8 Å². The van der Waals surface area contributed by atoms with Crippen LogP contribution in [0.5, 0.6) is 17.2 Å². The van der Waals surface area contributed by atoms with Crippen LogP contribution in [0, 0.1) is 0 Å². The Bertz CT molecular complexity index is 859. The minimum Gasteiger partial charge on any atom is -0.507 e. The second-order valence-electron chi connectivity index (χ2n) is 4.73. The van der Waals surface area contributed by atoms with Crippen molar-refractivity contribution in [2.45, 2.75) is 0 Å². The molecule has 1 heterocycles. The van der Waals surface area contributed by atoms with Crippen molar-refractivity contribution >= 4 is 59.6 Å². The number of hydrogen-bond donors (Lipinski definition) is 1. The third-order valence-electron chi connectivity index (χ3n) is 3.29. The number of aromatic hydroxyl groups is 1. The normalized spacial score (nSPS) is 14.8. The SMILES string of the molecule is COc1c(Br)cc2c(c1Br)O/C(=C\c1ccc(O)c(Br)c1)C2=O. The number of hydrogen-bond acceptors (Lipinski definition) is 4. The molecule has 2 aromatic rings. The van der Waals surface area contributed by atoms with Gasteiger partial charge in [-0.2, -0.15) is 0 Å². The first-order chi connectivity index (χ1) is 10.9. The number of carbonyl (C=O) groups excluding carboxylic acids is 1. The summed E-state index contributed by atoms with van der Waals surface area (Å²) >= 11 is 10.0. The molecule has 4 nitrogen and oxygen atoms in total. The lowest BCUT2D eigenvalue weighted by molar-refractivity contribution is 0.101. The Hall–Kier alpha value is -1.31. The minimum absolute atomic E-state index is 0.130. The molecule has 0 saturated heterocycles. The molecule has 0 spiro atoms. The summed E-state index contributed by atoms with van der Waals surface area (Å²) in [6.45, 7) is 0. The maximum atomic E-state index is 12.5. The highest BCUT2D eigenvalue weighted by Crippen LogP contribution is 2.47. The van der Waals surface area contributed by atoms with Crippen LogP contribution in [-0.4, -0.2) is 18.0 Å². The monoisotopic (exact) mass is 502 g/mol. The molecule has 0 amide bonds. The number of carbonyl (C=O) groups is 1. The van der Waals surface area contributed by atoms with Gasteiger partial charge in [0.1, 0.15) is 10.2 Å². The standard InChI is InChI=1S/C16H9Br3O4/c1-22-16-10(18)6-8-14(21)12(23-15(8)13(16)19)5-7-2-3-11(20)9(17)4-7/h2-6,20H,1H3/b12-5-. The molecule has 1 aliphatic rings. The van der Waals surface area contributed by atoms with E-state index < -0.39 is 0 Å². The summed E-state index contributed by atoms with van der Waals surface area (Å²) < 4.78 is 12.8. The quantitative estimate of drug-likeness (QED) is 0.564. The lowest BCUT2D eigenvalue weighted by Gasteiger charge is -2.08. The summed E-state index contributed by atoms with van der Waals surface area (Å²) in [6, 6.07) is 6.61. The molecule has 0 radical (unpaired) electrons. The predicted molar refractivity (Wildman–Crippen MR) is 97.1 cm³/mol. The topological polar surface area (TPSA) is 55.8 Å². The predicted octanol–water partition coefficient (Wildman–Crippen LogP) is 5.30.